The highest BCUT2D eigenvalue weighted by Crippen LogP contribution is 2.54. The molecule has 0 atom stereocenters. The van der Waals surface area contributed by atoms with Gasteiger partial charge < -0.3 is 9.47 Å². The maximum Gasteiger partial charge on any atom is 0.460 e. The zero-order valence-electron chi connectivity index (χ0n) is 26.3. The predicted octanol–water partition coefficient (Wildman–Crippen LogP) is 10.4. The van der Waals surface area contributed by atoms with E-state index in [9.17, 15) is 44.3 Å². The van der Waals surface area contributed by atoms with Gasteiger partial charge in [0.1, 0.15) is 18.1 Å². The van der Waals surface area contributed by atoms with Crippen molar-refractivity contribution in [1.82, 2.24) is 5.01 Å². The molecule has 0 amide bonds. The summed E-state index contributed by atoms with van der Waals surface area (Å²) in [6, 6.07) is 11.2. The second-order valence-corrected chi connectivity index (χ2v) is 12.2. The van der Waals surface area contributed by atoms with E-state index in [0.717, 1.165) is 22.3 Å². The molecule has 0 saturated heterocycles. The summed E-state index contributed by atoms with van der Waals surface area (Å²) in [7, 11) is 0. The van der Waals surface area contributed by atoms with E-state index in [2.05, 4.69) is 10.3 Å². The lowest BCUT2D eigenvalue weighted by molar-refractivity contribution is -0.396. The number of benzene rings is 2. The van der Waals surface area contributed by atoms with Gasteiger partial charge in [0.05, 0.1) is 17.1 Å². The van der Waals surface area contributed by atoms with Gasteiger partial charge in [-0.15, -0.1) is 16.5 Å². The Bertz CT molecular complexity index is 1660. The number of aldehydes is 1. The van der Waals surface area contributed by atoms with Crippen molar-refractivity contribution >= 4 is 35.5 Å². The Morgan fingerprint density at radius 3 is 2.06 bits per heavy atom. The number of rotatable bonds is 15. The molecule has 0 fully saturated rings. The van der Waals surface area contributed by atoms with Crippen LogP contribution in [-0.2, 0) is 19.4 Å². The second-order valence-electron chi connectivity index (χ2n) is 11.1. The first-order valence-corrected chi connectivity index (χ1v) is 16.0. The summed E-state index contributed by atoms with van der Waals surface area (Å²) in [5.74, 6) is -18.2. The van der Waals surface area contributed by atoms with Gasteiger partial charge in [-0.1, -0.05) is 55.5 Å². The van der Waals surface area contributed by atoms with Gasteiger partial charge in [0.15, 0.2) is 17.8 Å². The number of halogens is 9. The van der Waals surface area contributed by atoms with Crippen molar-refractivity contribution in [2.75, 3.05) is 19.8 Å². The fraction of sp³-hybridized carbons (Fsp3) is 0.424. The summed E-state index contributed by atoms with van der Waals surface area (Å²) in [6.45, 7) is 5.35. The van der Waals surface area contributed by atoms with Gasteiger partial charge in [-0.25, -0.2) is 0 Å². The molecule has 3 aromatic rings. The largest absolute Gasteiger partial charge is 0.485 e. The molecule has 1 aromatic heterocycles. The smallest absolute Gasteiger partial charge is 0.460 e. The first-order chi connectivity index (χ1) is 23.0. The number of hydrogen-bond donors (Lipinski definition) is 0. The highest BCUT2D eigenvalue weighted by Gasteiger charge is 2.81. The average Bonchev–Trinajstić information content (AvgIpc) is 3.43. The number of aryl methyl sites for hydroxylation is 2. The zero-order valence-corrected chi connectivity index (χ0v) is 27.1. The maximum atomic E-state index is 13.9. The number of fused-ring (bicyclic) bond motifs is 1. The molecule has 2 heterocycles. The molecule has 0 radical (unpaired) electrons. The molecule has 0 unspecified atom stereocenters. The molecule has 0 saturated carbocycles. The fourth-order valence-electron chi connectivity index (χ4n) is 4.86. The Balaban J connectivity index is 1.41. The third kappa shape index (κ3) is 8.39. The number of alkyl halides is 9. The number of nitrogens with zero attached hydrogens (tertiary/aromatic N) is 3. The van der Waals surface area contributed by atoms with E-state index in [0.29, 0.717) is 60.2 Å². The van der Waals surface area contributed by atoms with Crippen molar-refractivity contribution < 1.29 is 53.8 Å². The van der Waals surface area contributed by atoms with Gasteiger partial charge in [0.2, 0.25) is 0 Å². The van der Waals surface area contributed by atoms with Crippen LogP contribution < -0.4 is 9.47 Å². The van der Waals surface area contributed by atoms with E-state index in [1.807, 2.05) is 44.2 Å². The zero-order chi connectivity index (χ0) is 36.0. The molecule has 49 heavy (non-hydrogen) atoms. The third-order valence-electron chi connectivity index (χ3n) is 7.55. The molecule has 1 aliphatic heterocycles. The van der Waals surface area contributed by atoms with Crippen molar-refractivity contribution in [3.05, 3.63) is 74.5 Å². The maximum absolute atomic E-state index is 13.9. The quantitative estimate of drug-likeness (QED) is 0.0679. The number of carbonyl (C=O) groups is 1. The molecular weight excluding hydrogens is 689 g/mol. The SMILES string of the molecule is CCCN(Cc1ccc(CCC(F)(F)C(F)(F)C(F)(F)C(F)(F)F)cc1)N=Nc1ccc(/C=C/c2sc(C=O)c3c2OCCO3)cc1CC. The number of ether oxygens (including phenoxy) is 2. The van der Waals surface area contributed by atoms with Gasteiger partial charge in [-0.3, -0.25) is 9.80 Å². The lowest BCUT2D eigenvalue weighted by Gasteiger charge is -2.33. The van der Waals surface area contributed by atoms with Crippen LogP contribution in [0, 0.1) is 0 Å². The van der Waals surface area contributed by atoms with Crippen LogP contribution in [0.5, 0.6) is 11.5 Å². The van der Waals surface area contributed by atoms with Crippen molar-refractivity contribution in [3.63, 3.8) is 0 Å². The van der Waals surface area contributed by atoms with E-state index >= 15 is 0 Å². The Kier molecular flexibility index (Phi) is 11.7. The fourth-order valence-corrected chi connectivity index (χ4v) is 5.77. The summed E-state index contributed by atoms with van der Waals surface area (Å²) in [6.07, 6.45) is -3.82. The van der Waals surface area contributed by atoms with Crippen LogP contribution in [-0.4, -0.2) is 55.0 Å². The molecule has 266 valence electrons. The van der Waals surface area contributed by atoms with Gasteiger partial charge >= 0.3 is 23.9 Å². The van der Waals surface area contributed by atoms with E-state index < -0.39 is 36.8 Å². The van der Waals surface area contributed by atoms with E-state index in [4.69, 9.17) is 9.47 Å². The summed E-state index contributed by atoms with van der Waals surface area (Å²) >= 11 is 1.27. The first kappa shape index (κ1) is 37.7. The molecule has 0 aliphatic carbocycles. The Labute approximate surface area is 280 Å². The van der Waals surface area contributed by atoms with E-state index in [1.165, 1.54) is 35.6 Å². The molecule has 0 bridgehead atoms. The molecule has 16 heteroatoms. The van der Waals surface area contributed by atoms with Crippen LogP contribution in [0.1, 0.15) is 63.5 Å². The summed E-state index contributed by atoms with van der Waals surface area (Å²) in [4.78, 5) is 12.6. The average molecular weight is 722 g/mol. The Morgan fingerprint density at radius 2 is 1.47 bits per heavy atom. The van der Waals surface area contributed by atoms with Crippen molar-refractivity contribution in [3.8, 4) is 11.5 Å². The van der Waals surface area contributed by atoms with Crippen LogP contribution in [0.4, 0.5) is 45.2 Å². The minimum absolute atomic E-state index is 0.0453. The highest BCUT2D eigenvalue weighted by atomic mass is 32.1. The van der Waals surface area contributed by atoms with Gasteiger partial charge in [-0.05, 0) is 59.7 Å². The van der Waals surface area contributed by atoms with Gasteiger partial charge in [0.25, 0.3) is 0 Å². The minimum atomic E-state index is -6.90. The first-order valence-electron chi connectivity index (χ1n) is 15.2. The monoisotopic (exact) mass is 721 g/mol. The van der Waals surface area contributed by atoms with Crippen LogP contribution in [0.3, 0.4) is 0 Å². The molecule has 2 aromatic carbocycles. The van der Waals surface area contributed by atoms with E-state index in [-0.39, 0.29) is 12.1 Å². The third-order valence-corrected chi connectivity index (χ3v) is 8.60. The van der Waals surface area contributed by atoms with Crippen molar-refractivity contribution in [2.24, 2.45) is 10.3 Å². The van der Waals surface area contributed by atoms with Crippen LogP contribution >= 0.6 is 11.3 Å². The summed E-state index contributed by atoms with van der Waals surface area (Å²) in [5.41, 5.74) is 3.09. The Hall–Kier alpha value is -4.08. The van der Waals surface area contributed by atoms with Gasteiger partial charge in [-0.2, -0.15) is 39.5 Å². The van der Waals surface area contributed by atoms with Crippen LogP contribution in [0.2, 0.25) is 0 Å². The highest BCUT2D eigenvalue weighted by molar-refractivity contribution is 7.15. The molecule has 1 aliphatic rings. The molecular formula is C33H32F9N3O3S. The number of thiophene rings is 1. The molecule has 0 N–H and O–H groups in total. The lowest BCUT2D eigenvalue weighted by Crippen LogP contribution is -2.60. The summed E-state index contributed by atoms with van der Waals surface area (Å²) in [5, 5.41) is 10.4. The normalized spacial score (nSPS) is 14.2. The van der Waals surface area contributed by atoms with Crippen molar-refractivity contribution in [1.29, 1.82) is 0 Å². The van der Waals surface area contributed by atoms with Crippen LogP contribution in [0.15, 0.2) is 52.8 Å². The molecule has 4 rings (SSSR count). The topological polar surface area (TPSA) is 63.5 Å². The molecule has 6 nitrogen and oxygen atoms in total. The summed E-state index contributed by atoms with van der Waals surface area (Å²) < 4.78 is 130. The minimum Gasteiger partial charge on any atom is -0.485 e. The van der Waals surface area contributed by atoms with E-state index in [1.54, 1.807) is 5.01 Å². The Morgan fingerprint density at radius 1 is 0.837 bits per heavy atom. The number of hydrogen-bond acceptors (Lipinski definition) is 6. The second kappa shape index (κ2) is 15.2. The van der Waals surface area contributed by atoms with Crippen LogP contribution in [0.25, 0.3) is 12.2 Å². The van der Waals surface area contributed by atoms with Crippen molar-refractivity contribution in [2.45, 2.75) is 70.0 Å². The van der Waals surface area contributed by atoms with Gasteiger partial charge in [0, 0.05) is 13.0 Å². The predicted molar refractivity (Wildman–Crippen MR) is 166 cm³/mol. The number of carbonyl (C=O) groups excluding carboxylic acids is 1. The molecule has 0 spiro atoms. The standard InChI is InChI=1S/C33H32F9N3O3S/c1-3-15-45(19-23-7-5-21(6-8-23)13-14-30(34,35)31(36,37)32(38,39)33(40,41)42)44-43-25-11-9-22(18-24(25)4-2)10-12-26-28-29(27(20-46)49-26)48-17-16-47-28/h5-12,18,20H,3-4,13-17,19H2,1-2H3/b12-10+,44-43?. The lowest BCUT2D eigenvalue weighted by atomic mass is 9.97.